The van der Waals surface area contributed by atoms with E-state index in [0.717, 1.165) is 6.07 Å². The Morgan fingerprint density at radius 1 is 1.06 bits per heavy atom. The van der Waals surface area contributed by atoms with Crippen LogP contribution in [-0.4, -0.2) is 22.9 Å². The van der Waals surface area contributed by atoms with Crippen LogP contribution in [0.4, 0.5) is 24.5 Å². The zero-order valence-corrected chi connectivity index (χ0v) is 17.1. The largest absolute Gasteiger partial charge is 0.497 e. The van der Waals surface area contributed by atoms with E-state index in [9.17, 15) is 28.1 Å². The van der Waals surface area contributed by atoms with Gasteiger partial charge in [0.2, 0.25) is 0 Å². The fourth-order valence-electron chi connectivity index (χ4n) is 3.45. The Labute approximate surface area is 185 Å². The van der Waals surface area contributed by atoms with E-state index < -0.39 is 22.6 Å². The minimum Gasteiger partial charge on any atom is -0.497 e. The van der Waals surface area contributed by atoms with Crippen LogP contribution in [-0.2, 0) is 6.18 Å². The number of rotatable bonds is 5. The number of nitro benzene ring substituents is 1. The average Bonchev–Trinajstić information content (AvgIpc) is 3.22. The summed E-state index contributed by atoms with van der Waals surface area (Å²) in [4.78, 5) is 25.9. The first-order valence-corrected chi connectivity index (χ1v) is 9.60. The molecule has 0 saturated heterocycles. The number of hydrogen-bond donors (Lipinski definition) is 2. The van der Waals surface area contributed by atoms with Crippen LogP contribution in [0.15, 0.2) is 66.7 Å². The summed E-state index contributed by atoms with van der Waals surface area (Å²) < 4.78 is 45.6. The van der Waals surface area contributed by atoms with Crippen molar-refractivity contribution in [3.8, 4) is 16.9 Å². The first-order chi connectivity index (χ1) is 15.7. The van der Waals surface area contributed by atoms with Gasteiger partial charge in [-0.1, -0.05) is 12.1 Å². The standard InChI is InChI=1S/C23H16F3N3O4/c1-33-17-7-8-19(23(24,25)26)18(12-17)13-3-2-4-15(9-13)27-22(30)21-10-14-5-6-16(29(31)32)11-20(14)28-21/h2-12,28H,1H3,(H,27,30). The molecule has 0 aliphatic heterocycles. The Morgan fingerprint density at radius 3 is 2.55 bits per heavy atom. The number of amides is 1. The summed E-state index contributed by atoms with van der Waals surface area (Å²) in [7, 11) is 1.36. The number of non-ortho nitro benzene ring substituents is 1. The van der Waals surface area contributed by atoms with Crippen molar-refractivity contribution in [3.63, 3.8) is 0 Å². The summed E-state index contributed by atoms with van der Waals surface area (Å²) in [5, 5.41) is 14.2. The third kappa shape index (κ3) is 4.49. The molecule has 0 bridgehead atoms. The number of carbonyl (C=O) groups excluding carboxylic acids is 1. The lowest BCUT2D eigenvalue weighted by molar-refractivity contribution is -0.384. The van der Waals surface area contributed by atoms with Gasteiger partial charge < -0.3 is 15.0 Å². The molecule has 4 aromatic rings. The maximum absolute atomic E-state index is 13.5. The van der Waals surface area contributed by atoms with E-state index in [4.69, 9.17) is 4.74 Å². The van der Waals surface area contributed by atoms with Crippen molar-refractivity contribution in [2.75, 3.05) is 12.4 Å². The second-order valence-corrected chi connectivity index (χ2v) is 7.16. The Balaban J connectivity index is 1.65. The van der Waals surface area contributed by atoms with Crippen LogP contribution < -0.4 is 10.1 Å². The lowest BCUT2D eigenvalue weighted by atomic mass is 9.98. The van der Waals surface area contributed by atoms with Gasteiger partial charge in [-0.2, -0.15) is 13.2 Å². The summed E-state index contributed by atoms with van der Waals surface area (Å²) in [6, 6.07) is 15.2. The topological polar surface area (TPSA) is 97.3 Å². The number of benzene rings is 3. The van der Waals surface area contributed by atoms with Gasteiger partial charge in [-0.15, -0.1) is 0 Å². The Morgan fingerprint density at radius 2 is 1.85 bits per heavy atom. The first-order valence-electron chi connectivity index (χ1n) is 9.60. The molecule has 2 N–H and O–H groups in total. The molecule has 33 heavy (non-hydrogen) atoms. The van der Waals surface area contributed by atoms with Crippen LogP contribution in [0.2, 0.25) is 0 Å². The second-order valence-electron chi connectivity index (χ2n) is 7.16. The molecule has 0 atom stereocenters. The predicted molar refractivity (Wildman–Crippen MR) is 116 cm³/mol. The number of anilines is 1. The van der Waals surface area contributed by atoms with Gasteiger partial charge in [-0.05, 0) is 53.6 Å². The van der Waals surface area contributed by atoms with Gasteiger partial charge in [-0.25, -0.2) is 0 Å². The van der Waals surface area contributed by atoms with Crippen LogP contribution >= 0.6 is 0 Å². The maximum atomic E-state index is 13.5. The van der Waals surface area contributed by atoms with Crippen molar-refractivity contribution in [2.45, 2.75) is 6.18 Å². The third-order valence-corrected chi connectivity index (χ3v) is 5.03. The summed E-state index contributed by atoms with van der Waals surface area (Å²) in [6.45, 7) is 0. The number of fused-ring (bicyclic) bond motifs is 1. The molecule has 0 aliphatic rings. The van der Waals surface area contributed by atoms with Crippen molar-refractivity contribution >= 4 is 28.2 Å². The van der Waals surface area contributed by atoms with E-state index in [1.807, 2.05) is 0 Å². The Bertz CT molecular complexity index is 1380. The molecule has 4 rings (SSSR count). The third-order valence-electron chi connectivity index (χ3n) is 5.03. The quantitative estimate of drug-likeness (QED) is 0.284. The van der Waals surface area contributed by atoms with Crippen molar-refractivity contribution < 1.29 is 27.6 Å². The molecule has 1 heterocycles. The average molecular weight is 455 g/mol. The summed E-state index contributed by atoms with van der Waals surface area (Å²) in [5.41, 5.74) is 0.0366. The number of halogens is 3. The number of carbonyl (C=O) groups is 1. The van der Waals surface area contributed by atoms with Gasteiger partial charge in [0.25, 0.3) is 11.6 Å². The van der Waals surface area contributed by atoms with Gasteiger partial charge in [0, 0.05) is 23.2 Å². The lowest BCUT2D eigenvalue weighted by Crippen LogP contribution is -2.12. The first kappa shape index (κ1) is 21.9. The number of H-pyrrole nitrogens is 1. The molecule has 0 spiro atoms. The van der Waals surface area contributed by atoms with Gasteiger partial charge in [0.05, 0.1) is 23.1 Å². The molecule has 3 aromatic carbocycles. The zero-order chi connectivity index (χ0) is 23.8. The number of aromatic amines is 1. The predicted octanol–water partition coefficient (Wildman–Crippen LogP) is 6.02. The summed E-state index contributed by atoms with van der Waals surface area (Å²) in [5.74, 6) is -0.285. The SMILES string of the molecule is COc1ccc(C(F)(F)F)c(-c2cccc(NC(=O)c3cc4ccc([N+](=O)[O-])cc4[nH]3)c2)c1. The molecule has 7 nitrogen and oxygen atoms in total. The van der Waals surface area contributed by atoms with Crippen LogP contribution in [0.1, 0.15) is 16.1 Å². The molecule has 0 aliphatic carbocycles. The van der Waals surface area contributed by atoms with Gasteiger partial charge >= 0.3 is 6.18 Å². The van der Waals surface area contributed by atoms with E-state index in [1.165, 1.54) is 61.7 Å². The van der Waals surface area contributed by atoms with Gasteiger partial charge in [0.15, 0.2) is 0 Å². The molecule has 1 aromatic heterocycles. The maximum Gasteiger partial charge on any atom is 0.417 e. The van der Waals surface area contributed by atoms with E-state index >= 15 is 0 Å². The molecular formula is C23H16F3N3O4. The van der Waals surface area contributed by atoms with Gasteiger partial charge in [0.1, 0.15) is 11.4 Å². The van der Waals surface area contributed by atoms with E-state index in [2.05, 4.69) is 10.3 Å². The van der Waals surface area contributed by atoms with Crippen LogP contribution in [0, 0.1) is 10.1 Å². The van der Waals surface area contributed by atoms with Crippen molar-refractivity contribution in [2.24, 2.45) is 0 Å². The number of nitrogens with one attached hydrogen (secondary N) is 2. The number of hydrogen-bond acceptors (Lipinski definition) is 4. The Kier molecular flexibility index (Phi) is 5.50. The minimum atomic E-state index is -4.58. The van der Waals surface area contributed by atoms with Crippen molar-refractivity contribution in [1.82, 2.24) is 4.98 Å². The van der Waals surface area contributed by atoms with E-state index in [-0.39, 0.29) is 33.9 Å². The smallest absolute Gasteiger partial charge is 0.417 e. The number of alkyl halides is 3. The van der Waals surface area contributed by atoms with Crippen LogP contribution in [0.25, 0.3) is 22.0 Å². The number of nitro groups is 1. The molecule has 0 saturated carbocycles. The monoisotopic (exact) mass is 455 g/mol. The van der Waals surface area contributed by atoms with Crippen molar-refractivity contribution in [3.05, 3.63) is 88.1 Å². The Hall–Kier alpha value is -4.34. The van der Waals surface area contributed by atoms with Crippen LogP contribution in [0.3, 0.4) is 0 Å². The van der Waals surface area contributed by atoms with E-state index in [0.29, 0.717) is 10.9 Å². The highest BCUT2D eigenvalue weighted by atomic mass is 19.4. The summed E-state index contributed by atoms with van der Waals surface area (Å²) >= 11 is 0. The molecule has 0 unspecified atom stereocenters. The molecular weight excluding hydrogens is 439 g/mol. The van der Waals surface area contributed by atoms with E-state index in [1.54, 1.807) is 6.07 Å². The highest BCUT2D eigenvalue weighted by molar-refractivity contribution is 6.06. The van der Waals surface area contributed by atoms with Gasteiger partial charge in [-0.3, -0.25) is 14.9 Å². The number of aromatic nitrogens is 1. The molecule has 0 radical (unpaired) electrons. The number of nitrogens with zero attached hydrogens (tertiary/aromatic N) is 1. The molecule has 168 valence electrons. The fraction of sp³-hybridized carbons (Fsp3) is 0.0870. The highest BCUT2D eigenvalue weighted by Crippen LogP contribution is 2.39. The highest BCUT2D eigenvalue weighted by Gasteiger charge is 2.34. The normalized spacial score (nSPS) is 11.4. The lowest BCUT2D eigenvalue weighted by Gasteiger charge is -2.15. The molecule has 10 heteroatoms. The minimum absolute atomic E-state index is 0.0872. The zero-order valence-electron chi connectivity index (χ0n) is 17.1. The molecule has 1 amide bonds. The summed E-state index contributed by atoms with van der Waals surface area (Å²) in [6.07, 6.45) is -4.58. The molecule has 0 fully saturated rings. The second kappa shape index (κ2) is 8.30. The number of ether oxygens (including phenoxy) is 1. The fourth-order valence-corrected chi connectivity index (χ4v) is 3.45. The van der Waals surface area contributed by atoms with Crippen LogP contribution in [0.5, 0.6) is 5.75 Å². The van der Waals surface area contributed by atoms with Crippen molar-refractivity contribution in [1.29, 1.82) is 0 Å². The number of methoxy groups -OCH3 is 1.